The predicted molar refractivity (Wildman–Crippen MR) is 67.1 cm³/mol. The third kappa shape index (κ3) is 2.21. The summed E-state index contributed by atoms with van der Waals surface area (Å²) in [6.45, 7) is 2.03. The molecule has 0 aliphatic heterocycles. The van der Waals surface area contributed by atoms with Gasteiger partial charge in [0.15, 0.2) is 0 Å². The van der Waals surface area contributed by atoms with E-state index in [4.69, 9.17) is 0 Å². The topological polar surface area (TPSA) is 12.9 Å². The first-order valence-electron chi connectivity index (χ1n) is 4.94. The van der Waals surface area contributed by atoms with Crippen LogP contribution in [0.2, 0.25) is 0 Å². The fourth-order valence-corrected chi connectivity index (χ4v) is 1.86. The van der Waals surface area contributed by atoms with Gasteiger partial charge in [0.05, 0.1) is 5.69 Å². The highest BCUT2D eigenvalue weighted by atomic mass is 32.1. The van der Waals surface area contributed by atoms with Crippen LogP contribution in [0.15, 0.2) is 42.5 Å². The Kier molecular flexibility index (Phi) is 3.07. The van der Waals surface area contributed by atoms with E-state index in [9.17, 15) is 0 Å². The van der Waals surface area contributed by atoms with Crippen LogP contribution in [0.3, 0.4) is 0 Å². The number of aromatic nitrogens is 1. The second-order valence-corrected chi connectivity index (χ2v) is 3.78. The monoisotopic (exact) mass is 215 g/mol. The summed E-state index contributed by atoms with van der Waals surface area (Å²) in [7, 11) is 0. The van der Waals surface area contributed by atoms with Gasteiger partial charge in [-0.1, -0.05) is 36.4 Å². The molecular weight excluding hydrogens is 202 g/mol. The van der Waals surface area contributed by atoms with E-state index in [1.165, 1.54) is 5.56 Å². The Balaban J connectivity index is 2.43. The van der Waals surface area contributed by atoms with Crippen LogP contribution in [0.1, 0.15) is 11.3 Å². The number of pyridine rings is 1. The van der Waals surface area contributed by atoms with Crippen LogP contribution >= 0.6 is 12.6 Å². The summed E-state index contributed by atoms with van der Waals surface area (Å²) in [5.74, 6) is 0.744. The Morgan fingerprint density at radius 2 is 1.80 bits per heavy atom. The zero-order chi connectivity index (χ0) is 10.7. The van der Waals surface area contributed by atoms with Crippen molar-refractivity contribution in [2.45, 2.75) is 12.7 Å². The number of rotatable bonds is 2. The van der Waals surface area contributed by atoms with Gasteiger partial charge in [-0.2, -0.15) is 12.6 Å². The molecule has 0 saturated heterocycles. The van der Waals surface area contributed by atoms with E-state index in [0.717, 1.165) is 22.7 Å². The van der Waals surface area contributed by atoms with Crippen molar-refractivity contribution in [3.05, 3.63) is 53.7 Å². The Hall–Kier alpha value is -1.28. The summed E-state index contributed by atoms with van der Waals surface area (Å²) in [4.78, 5) is 4.57. The number of benzene rings is 1. The van der Waals surface area contributed by atoms with Gasteiger partial charge in [-0.15, -0.1) is 0 Å². The van der Waals surface area contributed by atoms with E-state index >= 15 is 0 Å². The largest absolute Gasteiger partial charge is 0.253 e. The van der Waals surface area contributed by atoms with Crippen LogP contribution in [-0.2, 0) is 5.75 Å². The lowest BCUT2D eigenvalue weighted by molar-refractivity contribution is 1.15. The van der Waals surface area contributed by atoms with Crippen LogP contribution in [-0.4, -0.2) is 4.98 Å². The molecule has 0 saturated carbocycles. The van der Waals surface area contributed by atoms with Gasteiger partial charge in [0.25, 0.3) is 0 Å². The molecule has 76 valence electrons. The third-order valence-electron chi connectivity index (χ3n) is 2.44. The first-order chi connectivity index (χ1) is 7.31. The molecule has 0 radical (unpaired) electrons. The van der Waals surface area contributed by atoms with Crippen LogP contribution in [0.25, 0.3) is 11.3 Å². The lowest BCUT2D eigenvalue weighted by Gasteiger charge is -2.05. The van der Waals surface area contributed by atoms with Gasteiger partial charge in [0.2, 0.25) is 0 Å². The Labute approximate surface area is 95.6 Å². The maximum atomic E-state index is 4.57. The Morgan fingerprint density at radius 3 is 2.40 bits per heavy atom. The molecule has 2 rings (SSSR count). The van der Waals surface area contributed by atoms with Gasteiger partial charge in [0.1, 0.15) is 0 Å². The number of hydrogen-bond acceptors (Lipinski definition) is 2. The molecule has 1 aromatic carbocycles. The normalized spacial score (nSPS) is 10.3. The fourth-order valence-electron chi connectivity index (χ4n) is 1.53. The maximum Gasteiger partial charge on any atom is 0.0705 e. The predicted octanol–water partition coefficient (Wildman–Crippen LogP) is 3.49. The van der Waals surface area contributed by atoms with E-state index in [-0.39, 0.29) is 0 Å². The molecule has 0 fully saturated rings. The summed E-state index contributed by atoms with van der Waals surface area (Å²) in [6.07, 6.45) is 0. The standard InChI is InChI=1S/C13H13NS/c1-10-12(9-15)7-8-13(14-10)11-5-3-2-4-6-11/h2-8,15H,9H2,1H3. The SMILES string of the molecule is Cc1nc(-c2ccccc2)ccc1CS. The van der Waals surface area contributed by atoms with Crippen molar-refractivity contribution >= 4 is 12.6 Å². The second-order valence-electron chi connectivity index (χ2n) is 3.47. The zero-order valence-electron chi connectivity index (χ0n) is 8.64. The summed E-state index contributed by atoms with van der Waals surface area (Å²) in [5, 5.41) is 0. The summed E-state index contributed by atoms with van der Waals surface area (Å²) >= 11 is 4.26. The van der Waals surface area contributed by atoms with E-state index in [1.54, 1.807) is 0 Å². The molecule has 2 aromatic rings. The molecule has 0 bridgehead atoms. The van der Waals surface area contributed by atoms with Crippen molar-refractivity contribution in [1.82, 2.24) is 4.98 Å². The van der Waals surface area contributed by atoms with Gasteiger partial charge in [-0.3, -0.25) is 4.98 Å². The van der Waals surface area contributed by atoms with Crippen molar-refractivity contribution in [3.63, 3.8) is 0 Å². The van der Waals surface area contributed by atoms with Gasteiger partial charge in [-0.05, 0) is 18.6 Å². The minimum absolute atomic E-state index is 0.744. The Bertz CT molecular complexity index is 451. The average molecular weight is 215 g/mol. The average Bonchev–Trinajstić information content (AvgIpc) is 2.30. The highest BCUT2D eigenvalue weighted by molar-refractivity contribution is 7.79. The minimum atomic E-state index is 0.744. The van der Waals surface area contributed by atoms with E-state index in [0.29, 0.717) is 0 Å². The van der Waals surface area contributed by atoms with E-state index in [1.807, 2.05) is 31.2 Å². The van der Waals surface area contributed by atoms with Crippen molar-refractivity contribution in [2.24, 2.45) is 0 Å². The third-order valence-corrected chi connectivity index (χ3v) is 2.78. The van der Waals surface area contributed by atoms with Crippen molar-refractivity contribution in [3.8, 4) is 11.3 Å². The molecule has 0 spiro atoms. The maximum absolute atomic E-state index is 4.57. The quantitative estimate of drug-likeness (QED) is 0.757. The molecule has 0 amide bonds. The molecule has 0 atom stereocenters. The van der Waals surface area contributed by atoms with Crippen LogP contribution < -0.4 is 0 Å². The molecule has 1 heterocycles. The molecular formula is C13H13NS. The Morgan fingerprint density at radius 1 is 1.07 bits per heavy atom. The molecule has 15 heavy (non-hydrogen) atoms. The molecule has 1 aromatic heterocycles. The van der Waals surface area contributed by atoms with Crippen LogP contribution in [0.5, 0.6) is 0 Å². The first kappa shape index (κ1) is 10.2. The number of nitrogens with zero attached hydrogens (tertiary/aromatic N) is 1. The number of aryl methyl sites for hydroxylation is 1. The molecule has 2 heteroatoms. The molecule has 0 N–H and O–H groups in total. The van der Waals surface area contributed by atoms with Crippen molar-refractivity contribution in [2.75, 3.05) is 0 Å². The van der Waals surface area contributed by atoms with Gasteiger partial charge in [0, 0.05) is 17.0 Å². The number of thiol groups is 1. The number of hydrogen-bond donors (Lipinski definition) is 1. The lowest BCUT2D eigenvalue weighted by Crippen LogP contribution is -1.92. The molecule has 1 nitrogen and oxygen atoms in total. The van der Waals surface area contributed by atoms with Crippen molar-refractivity contribution in [1.29, 1.82) is 0 Å². The second kappa shape index (κ2) is 4.49. The fraction of sp³-hybridized carbons (Fsp3) is 0.154. The summed E-state index contributed by atoms with van der Waals surface area (Å²) in [6, 6.07) is 14.4. The smallest absolute Gasteiger partial charge is 0.0705 e. The summed E-state index contributed by atoms with van der Waals surface area (Å²) < 4.78 is 0. The molecule has 0 aliphatic carbocycles. The van der Waals surface area contributed by atoms with Gasteiger partial charge < -0.3 is 0 Å². The van der Waals surface area contributed by atoms with E-state index in [2.05, 4.69) is 35.8 Å². The zero-order valence-corrected chi connectivity index (χ0v) is 9.54. The highest BCUT2D eigenvalue weighted by Crippen LogP contribution is 2.19. The van der Waals surface area contributed by atoms with Gasteiger partial charge in [-0.25, -0.2) is 0 Å². The van der Waals surface area contributed by atoms with Crippen LogP contribution in [0, 0.1) is 6.92 Å². The minimum Gasteiger partial charge on any atom is -0.253 e. The highest BCUT2D eigenvalue weighted by Gasteiger charge is 2.01. The van der Waals surface area contributed by atoms with Crippen molar-refractivity contribution < 1.29 is 0 Å². The van der Waals surface area contributed by atoms with Crippen LogP contribution in [0.4, 0.5) is 0 Å². The molecule has 0 unspecified atom stereocenters. The summed E-state index contributed by atoms with van der Waals surface area (Å²) in [5.41, 5.74) is 4.44. The van der Waals surface area contributed by atoms with Gasteiger partial charge >= 0.3 is 0 Å². The van der Waals surface area contributed by atoms with E-state index < -0.39 is 0 Å². The molecule has 0 aliphatic rings. The first-order valence-corrected chi connectivity index (χ1v) is 5.57. The lowest BCUT2D eigenvalue weighted by atomic mass is 10.1.